The SMILES string of the molecule is CCCCC1CCCC1NC(=O)c1ccc(OCc2c(C)noc2C)cc1. The van der Waals surface area contributed by atoms with Crippen LogP contribution in [0.2, 0.25) is 0 Å². The molecule has 1 fully saturated rings. The van der Waals surface area contributed by atoms with Crippen molar-refractivity contribution in [3.8, 4) is 5.75 Å². The lowest BCUT2D eigenvalue weighted by molar-refractivity contribution is 0.0926. The molecule has 27 heavy (non-hydrogen) atoms. The number of ether oxygens (including phenoxy) is 1. The maximum atomic E-state index is 12.6. The maximum absolute atomic E-state index is 12.6. The highest BCUT2D eigenvalue weighted by Gasteiger charge is 2.28. The number of unbranched alkanes of at least 4 members (excludes halogenated alkanes) is 1. The summed E-state index contributed by atoms with van der Waals surface area (Å²) >= 11 is 0. The van der Waals surface area contributed by atoms with Gasteiger partial charge in [0.1, 0.15) is 18.1 Å². The van der Waals surface area contributed by atoms with Gasteiger partial charge < -0.3 is 14.6 Å². The van der Waals surface area contributed by atoms with Crippen molar-refractivity contribution in [2.45, 2.75) is 71.9 Å². The van der Waals surface area contributed by atoms with Crippen LogP contribution in [0.15, 0.2) is 28.8 Å². The number of hydrogen-bond donors (Lipinski definition) is 1. The van der Waals surface area contributed by atoms with Crippen LogP contribution >= 0.6 is 0 Å². The topological polar surface area (TPSA) is 64.4 Å². The van der Waals surface area contributed by atoms with Gasteiger partial charge in [-0.25, -0.2) is 0 Å². The molecule has 1 heterocycles. The van der Waals surface area contributed by atoms with Crippen molar-refractivity contribution >= 4 is 5.91 Å². The first kappa shape index (κ1) is 19.5. The fourth-order valence-corrected chi connectivity index (χ4v) is 3.86. The first-order valence-corrected chi connectivity index (χ1v) is 10.0. The summed E-state index contributed by atoms with van der Waals surface area (Å²) in [7, 11) is 0. The van der Waals surface area contributed by atoms with Gasteiger partial charge in [0.05, 0.1) is 11.3 Å². The van der Waals surface area contributed by atoms with Crippen LogP contribution in [0.1, 0.15) is 72.8 Å². The van der Waals surface area contributed by atoms with E-state index in [-0.39, 0.29) is 5.91 Å². The lowest BCUT2D eigenvalue weighted by atomic mass is 9.96. The second-order valence-electron chi connectivity index (χ2n) is 7.53. The van der Waals surface area contributed by atoms with E-state index >= 15 is 0 Å². The number of aryl methyl sites for hydroxylation is 2. The average molecular weight is 370 g/mol. The lowest BCUT2D eigenvalue weighted by Gasteiger charge is -2.21. The van der Waals surface area contributed by atoms with Gasteiger partial charge >= 0.3 is 0 Å². The van der Waals surface area contributed by atoms with Crippen LogP contribution in [-0.2, 0) is 6.61 Å². The summed E-state index contributed by atoms with van der Waals surface area (Å²) in [5, 5.41) is 7.17. The van der Waals surface area contributed by atoms with E-state index in [1.54, 1.807) is 0 Å². The number of benzene rings is 1. The Kier molecular flexibility index (Phi) is 6.54. The van der Waals surface area contributed by atoms with Gasteiger partial charge in [-0.3, -0.25) is 4.79 Å². The highest BCUT2D eigenvalue weighted by molar-refractivity contribution is 5.94. The molecule has 1 N–H and O–H groups in total. The Morgan fingerprint density at radius 2 is 2.04 bits per heavy atom. The highest BCUT2D eigenvalue weighted by Crippen LogP contribution is 2.30. The molecule has 146 valence electrons. The molecule has 1 aromatic carbocycles. The number of amides is 1. The molecule has 2 atom stereocenters. The van der Waals surface area contributed by atoms with Crippen molar-refractivity contribution in [2.24, 2.45) is 5.92 Å². The highest BCUT2D eigenvalue weighted by atomic mass is 16.5. The van der Waals surface area contributed by atoms with Crippen molar-refractivity contribution < 1.29 is 14.1 Å². The number of carbonyl (C=O) groups excluding carboxylic acids is 1. The molecule has 0 aliphatic heterocycles. The van der Waals surface area contributed by atoms with Crippen molar-refractivity contribution in [2.75, 3.05) is 0 Å². The molecule has 1 aromatic heterocycles. The largest absolute Gasteiger partial charge is 0.489 e. The van der Waals surface area contributed by atoms with E-state index in [0.29, 0.717) is 24.1 Å². The van der Waals surface area contributed by atoms with E-state index in [9.17, 15) is 4.79 Å². The van der Waals surface area contributed by atoms with E-state index < -0.39 is 0 Å². The number of nitrogens with zero attached hydrogens (tertiary/aromatic N) is 1. The van der Waals surface area contributed by atoms with Gasteiger partial charge in [-0.1, -0.05) is 31.3 Å². The minimum Gasteiger partial charge on any atom is -0.489 e. The van der Waals surface area contributed by atoms with Gasteiger partial charge in [-0.2, -0.15) is 0 Å². The Balaban J connectivity index is 1.54. The first-order chi connectivity index (χ1) is 13.1. The quantitative estimate of drug-likeness (QED) is 0.713. The average Bonchev–Trinajstić information content (AvgIpc) is 3.25. The van der Waals surface area contributed by atoms with Crippen molar-refractivity contribution in [1.82, 2.24) is 10.5 Å². The molecule has 5 heteroatoms. The maximum Gasteiger partial charge on any atom is 0.251 e. The van der Waals surface area contributed by atoms with E-state index in [4.69, 9.17) is 9.26 Å². The summed E-state index contributed by atoms with van der Waals surface area (Å²) in [4.78, 5) is 12.6. The molecule has 1 amide bonds. The van der Waals surface area contributed by atoms with Gasteiger partial charge in [0.2, 0.25) is 0 Å². The third-order valence-corrected chi connectivity index (χ3v) is 5.58. The number of nitrogens with one attached hydrogen (secondary N) is 1. The summed E-state index contributed by atoms with van der Waals surface area (Å²) in [6.07, 6.45) is 7.22. The molecule has 5 nitrogen and oxygen atoms in total. The monoisotopic (exact) mass is 370 g/mol. The smallest absolute Gasteiger partial charge is 0.251 e. The van der Waals surface area contributed by atoms with E-state index in [2.05, 4.69) is 17.4 Å². The van der Waals surface area contributed by atoms with Crippen molar-refractivity contribution in [3.05, 3.63) is 46.8 Å². The van der Waals surface area contributed by atoms with Gasteiger partial charge in [0.15, 0.2) is 0 Å². The fraction of sp³-hybridized carbons (Fsp3) is 0.545. The standard InChI is InChI=1S/C22H30N2O3/c1-4-5-7-17-8-6-9-21(17)23-22(25)18-10-12-19(13-11-18)26-14-20-15(2)24-27-16(20)3/h10-13,17,21H,4-9,14H2,1-3H3,(H,23,25). The van der Waals surface area contributed by atoms with Gasteiger partial charge in [0.25, 0.3) is 5.91 Å². The lowest BCUT2D eigenvalue weighted by Crippen LogP contribution is -2.37. The Morgan fingerprint density at radius 1 is 1.26 bits per heavy atom. The van der Waals surface area contributed by atoms with Crippen LogP contribution in [0.5, 0.6) is 5.75 Å². The number of aromatic nitrogens is 1. The van der Waals surface area contributed by atoms with Gasteiger partial charge in [-0.05, 0) is 63.3 Å². The summed E-state index contributed by atoms with van der Waals surface area (Å²) in [6, 6.07) is 7.66. The normalized spacial score (nSPS) is 19.2. The molecule has 0 bridgehead atoms. The first-order valence-electron chi connectivity index (χ1n) is 10.0. The Labute approximate surface area is 161 Å². The van der Waals surface area contributed by atoms with Crippen LogP contribution in [0.4, 0.5) is 0 Å². The third kappa shape index (κ3) is 4.90. The number of hydrogen-bond acceptors (Lipinski definition) is 4. The molecule has 1 aliphatic carbocycles. The van der Waals surface area contributed by atoms with Crippen molar-refractivity contribution in [3.63, 3.8) is 0 Å². The summed E-state index contributed by atoms with van der Waals surface area (Å²) < 4.78 is 11.0. The molecule has 1 saturated carbocycles. The van der Waals surface area contributed by atoms with Crippen molar-refractivity contribution in [1.29, 1.82) is 0 Å². The zero-order valence-electron chi connectivity index (χ0n) is 16.6. The molecule has 1 aliphatic rings. The molecule has 0 spiro atoms. The number of rotatable bonds is 8. The minimum absolute atomic E-state index is 0.0145. The molecule has 0 radical (unpaired) electrons. The second kappa shape index (κ2) is 9.07. The molecular weight excluding hydrogens is 340 g/mol. The second-order valence-corrected chi connectivity index (χ2v) is 7.53. The third-order valence-electron chi connectivity index (χ3n) is 5.58. The summed E-state index contributed by atoms with van der Waals surface area (Å²) in [5.41, 5.74) is 2.50. The number of carbonyl (C=O) groups is 1. The molecular formula is C22H30N2O3. The van der Waals surface area contributed by atoms with Gasteiger partial charge in [-0.15, -0.1) is 0 Å². The predicted octanol–water partition coefficient (Wildman–Crippen LogP) is 4.96. The minimum atomic E-state index is 0.0145. The zero-order valence-corrected chi connectivity index (χ0v) is 16.6. The Bertz CT molecular complexity index is 732. The Morgan fingerprint density at radius 3 is 2.70 bits per heavy atom. The van der Waals surface area contributed by atoms with E-state index in [0.717, 1.165) is 29.2 Å². The molecule has 2 aromatic rings. The molecule has 3 rings (SSSR count). The molecule has 2 unspecified atom stereocenters. The summed E-state index contributed by atoms with van der Waals surface area (Å²) in [5.74, 6) is 2.15. The van der Waals surface area contributed by atoms with E-state index in [1.165, 1.54) is 32.1 Å². The summed E-state index contributed by atoms with van der Waals surface area (Å²) in [6.45, 7) is 6.41. The zero-order chi connectivity index (χ0) is 19.2. The van der Waals surface area contributed by atoms with Crippen LogP contribution < -0.4 is 10.1 Å². The Hall–Kier alpha value is -2.30. The predicted molar refractivity (Wildman–Crippen MR) is 105 cm³/mol. The van der Waals surface area contributed by atoms with Crippen LogP contribution in [0.25, 0.3) is 0 Å². The van der Waals surface area contributed by atoms with Crippen LogP contribution in [-0.4, -0.2) is 17.1 Å². The van der Waals surface area contributed by atoms with Gasteiger partial charge in [0, 0.05) is 11.6 Å². The van der Waals surface area contributed by atoms with Crippen LogP contribution in [0, 0.1) is 19.8 Å². The van der Waals surface area contributed by atoms with Crippen LogP contribution in [0.3, 0.4) is 0 Å². The van der Waals surface area contributed by atoms with E-state index in [1.807, 2.05) is 38.1 Å². The molecule has 0 saturated heterocycles. The fourth-order valence-electron chi connectivity index (χ4n) is 3.86.